The third-order valence-corrected chi connectivity index (χ3v) is 8.14. The predicted molar refractivity (Wildman–Crippen MR) is 168 cm³/mol. The first-order valence-corrected chi connectivity index (χ1v) is 13.4. The van der Waals surface area contributed by atoms with Crippen LogP contribution < -0.4 is 5.46 Å². The average molecular weight is 490 g/mol. The summed E-state index contributed by atoms with van der Waals surface area (Å²) < 4.78 is 0. The molecule has 1 heteroatoms. The Morgan fingerprint density at radius 3 is 1.38 bits per heavy atom. The smallest absolute Gasteiger partial charge is 0.0966 e. The van der Waals surface area contributed by atoms with E-state index in [9.17, 15) is 0 Å². The first kappa shape index (κ1) is 22.1. The lowest BCUT2D eigenvalue weighted by Crippen LogP contribution is -1.99. The summed E-state index contributed by atoms with van der Waals surface area (Å²) in [6, 6.07) is 50.3. The van der Waals surface area contributed by atoms with Crippen molar-refractivity contribution >= 4 is 34.9 Å². The molecule has 178 valence electrons. The van der Waals surface area contributed by atoms with Gasteiger partial charge in [-0.3, -0.25) is 0 Å². The molecule has 0 aliphatic heterocycles. The highest BCUT2D eigenvalue weighted by Crippen LogP contribution is 2.58. The van der Waals surface area contributed by atoms with Crippen LogP contribution in [0.3, 0.4) is 0 Å². The van der Waals surface area contributed by atoms with Crippen LogP contribution in [0, 0.1) is 0 Å². The quantitative estimate of drug-likeness (QED) is 0.216. The van der Waals surface area contributed by atoms with Crippen LogP contribution in [-0.4, -0.2) is 7.85 Å². The van der Waals surface area contributed by atoms with Gasteiger partial charge in [0.1, 0.15) is 7.85 Å². The molecule has 2 radical (unpaired) electrons. The lowest BCUT2D eigenvalue weighted by molar-refractivity contribution is 1.62. The Labute approximate surface area is 229 Å². The molecule has 0 unspecified atom stereocenters. The van der Waals surface area contributed by atoms with Crippen molar-refractivity contribution in [2.24, 2.45) is 0 Å². The third kappa shape index (κ3) is 3.27. The first-order chi connectivity index (χ1) is 19.3. The van der Waals surface area contributed by atoms with E-state index in [4.69, 9.17) is 7.85 Å². The molecule has 0 N–H and O–H groups in total. The van der Waals surface area contributed by atoms with E-state index in [-0.39, 0.29) is 0 Å². The molecule has 1 aliphatic carbocycles. The van der Waals surface area contributed by atoms with Gasteiger partial charge in [0, 0.05) is 0 Å². The Balaban J connectivity index is 1.57. The Hall–Kier alpha value is -4.88. The second kappa shape index (κ2) is 8.58. The zero-order valence-electron chi connectivity index (χ0n) is 21.4. The standard InChI is InChI=1S/C38H23B/c39-27-20-18-24(19-21-27)28-22-23-33-36-29(28)16-9-17-32(36)37-34(25-10-3-1-4-11-25)30-14-7-8-15-31(30)35(38(33)37)26-12-5-2-6-13-26/h1-23H. The average Bonchev–Trinajstić information content (AvgIpc) is 3.32. The maximum atomic E-state index is 6.03. The van der Waals surface area contributed by atoms with Gasteiger partial charge in [-0.1, -0.05) is 145 Å². The molecule has 0 aromatic heterocycles. The fraction of sp³-hybridized carbons (Fsp3) is 0. The van der Waals surface area contributed by atoms with Gasteiger partial charge in [0.2, 0.25) is 0 Å². The Bertz CT molecular complexity index is 1940. The SMILES string of the molecule is [B]c1ccc(-c2ccc3c4c(cccc24)-c2c-3c(-c3ccccc3)c3ccccc3c2-c2ccccc2)cc1. The summed E-state index contributed by atoms with van der Waals surface area (Å²) in [6.45, 7) is 0. The summed E-state index contributed by atoms with van der Waals surface area (Å²) in [7, 11) is 6.03. The Morgan fingerprint density at radius 2 is 0.795 bits per heavy atom. The molecular formula is C38H23B. The van der Waals surface area contributed by atoms with Crippen LogP contribution in [0.5, 0.6) is 0 Å². The van der Waals surface area contributed by atoms with Crippen molar-refractivity contribution in [3.8, 4) is 55.6 Å². The van der Waals surface area contributed by atoms with Crippen molar-refractivity contribution in [2.75, 3.05) is 0 Å². The minimum atomic E-state index is 0.781. The monoisotopic (exact) mass is 490 g/mol. The molecule has 0 bridgehead atoms. The molecule has 7 aromatic rings. The van der Waals surface area contributed by atoms with Gasteiger partial charge in [-0.15, -0.1) is 0 Å². The molecule has 39 heavy (non-hydrogen) atoms. The first-order valence-electron chi connectivity index (χ1n) is 13.4. The van der Waals surface area contributed by atoms with Crippen LogP contribution in [0.15, 0.2) is 140 Å². The van der Waals surface area contributed by atoms with E-state index in [1.807, 2.05) is 12.1 Å². The summed E-state index contributed by atoms with van der Waals surface area (Å²) in [5.74, 6) is 0. The van der Waals surface area contributed by atoms with E-state index in [1.165, 1.54) is 77.2 Å². The summed E-state index contributed by atoms with van der Waals surface area (Å²) in [6.07, 6.45) is 0. The lowest BCUT2D eigenvalue weighted by Gasteiger charge is -2.20. The van der Waals surface area contributed by atoms with E-state index < -0.39 is 0 Å². The minimum Gasteiger partial charge on any atom is -0.0966 e. The van der Waals surface area contributed by atoms with Gasteiger partial charge in [-0.25, -0.2) is 0 Å². The van der Waals surface area contributed by atoms with E-state index in [0.29, 0.717) is 0 Å². The fourth-order valence-electron chi connectivity index (χ4n) is 6.52. The van der Waals surface area contributed by atoms with Crippen molar-refractivity contribution in [3.63, 3.8) is 0 Å². The van der Waals surface area contributed by atoms with E-state index in [0.717, 1.165) is 5.46 Å². The third-order valence-electron chi connectivity index (χ3n) is 8.14. The van der Waals surface area contributed by atoms with Crippen molar-refractivity contribution in [2.45, 2.75) is 0 Å². The van der Waals surface area contributed by atoms with Crippen LogP contribution in [0.25, 0.3) is 77.2 Å². The molecule has 0 amide bonds. The summed E-state index contributed by atoms with van der Waals surface area (Å²) in [5.41, 5.74) is 13.6. The molecule has 0 fully saturated rings. The van der Waals surface area contributed by atoms with Crippen molar-refractivity contribution in [3.05, 3.63) is 140 Å². The molecule has 1 aliphatic rings. The molecule has 0 atom stereocenters. The summed E-state index contributed by atoms with van der Waals surface area (Å²) in [4.78, 5) is 0. The zero-order chi connectivity index (χ0) is 25.9. The largest absolute Gasteiger partial charge is 0.113 e. The summed E-state index contributed by atoms with van der Waals surface area (Å²) >= 11 is 0. The van der Waals surface area contributed by atoms with E-state index >= 15 is 0 Å². The van der Waals surface area contributed by atoms with Gasteiger partial charge in [0.05, 0.1) is 0 Å². The highest BCUT2D eigenvalue weighted by atomic mass is 14.3. The van der Waals surface area contributed by atoms with Crippen molar-refractivity contribution in [1.82, 2.24) is 0 Å². The van der Waals surface area contributed by atoms with Crippen LogP contribution in [0.2, 0.25) is 0 Å². The van der Waals surface area contributed by atoms with Crippen LogP contribution in [0.4, 0.5) is 0 Å². The van der Waals surface area contributed by atoms with Crippen molar-refractivity contribution < 1.29 is 0 Å². The van der Waals surface area contributed by atoms with Gasteiger partial charge in [0.15, 0.2) is 0 Å². The maximum absolute atomic E-state index is 6.03. The van der Waals surface area contributed by atoms with E-state index in [1.54, 1.807) is 0 Å². The van der Waals surface area contributed by atoms with Crippen LogP contribution in [0.1, 0.15) is 0 Å². The molecule has 8 rings (SSSR count). The zero-order valence-corrected chi connectivity index (χ0v) is 21.4. The molecule has 0 heterocycles. The van der Waals surface area contributed by atoms with Crippen LogP contribution in [-0.2, 0) is 0 Å². The number of hydrogen-bond acceptors (Lipinski definition) is 0. The highest BCUT2D eigenvalue weighted by Gasteiger charge is 2.30. The Kier molecular flexibility index (Phi) is 4.87. The van der Waals surface area contributed by atoms with Gasteiger partial charge in [-0.2, -0.15) is 0 Å². The summed E-state index contributed by atoms with van der Waals surface area (Å²) in [5, 5.41) is 5.16. The molecule has 0 saturated carbocycles. The van der Waals surface area contributed by atoms with Crippen LogP contribution >= 0.6 is 0 Å². The molecule has 0 saturated heterocycles. The van der Waals surface area contributed by atoms with Gasteiger partial charge in [0.25, 0.3) is 0 Å². The molecule has 0 nitrogen and oxygen atoms in total. The molecule has 0 spiro atoms. The van der Waals surface area contributed by atoms with E-state index in [2.05, 4.69) is 127 Å². The lowest BCUT2D eigenvalue weighted by atomic mass is 9.82. The maximum Gasteiger partial charge on any atom is 0.113 e. The normalized spacial score (nSPS) is 11.7. The fourth-order valence-corrected chi connectivity index (χ4v) is 6.52. The number of hydrogen-bond donors (Lipinski definition) is 0. The van der Waals surface area contributed by atoms with Gasteiger partial charge < -0.3 is 0 Å². The number of benzene rings is 7. The minimum absolute atomic E-state index is 0.781. The second-order valence-electron chi connectivity index (χ2n) is 10.3. The van der Waals surface area contributed by atoms with Crippen molar-refractivity contribution in [1.29, 1.82) is 0 Å². The number of rotatable bonds is 3. The molecule has 7 aromatic carbocycles. The Morgan fingerprint density at radius 1 is 0.308 bits per heavy atom. The topological polar surface area (TPSA) is 0 Å². The molecular weight excluding hydrogens is 467 g/mol. The number of fused-ring (bicyclic) bond motifs is 4. The van der Waals surface area contributed by atoms with Gasteiger partial charge in [-0.05, 0) is 77.2 Å². The predicted octanol–water partition coefficient (Wildman–Crippen LogP) is 9.44. The second-order valence-corrected chi connectivity index (χ2v) is 10.3. The van der Waals surface area contributed by atoms with Gasteiger partial charge >= 0.3 is 0 Å². The highest BCUT2D eigenvalue weighted by molar-refractivity contribution is 6.32.